The fourth-order valence-corrected chi connectivity index (χ4v) is 7.03. The van der Waals surface area contributed by atoms with E-state index < -0.39 is 187 Å². The van der Waals surface area contributed by atoms with Crippen molar-refractivity contribution in [1.29, 1.82) is 0 Å². The Bertz CT molecular complexity index is 1200. The predicted octanol–water partition coefficient (Wildman–Crippen LogP) is -11.9. The Hall–Kier alpha value is -1.04. The number of aliphatic hydroxyl groups excluding tert-OH is 17. The average molecular weight is 829 g/mol. The molecule has 0 radical (unpaired) electrons. The summed E-state index contributed by atoms with van der Waals surface area (Å²) in [5, 5.41) is 176. The quantitative estimate of drug-likeness (QED) is 0.0819. The summed E-state index contributed by atoms with van der Waals surface area (Å²) in [6.45, 7) is -4.51. The summed E-state index contributed by atoms with van der Waals surface area (Å²) >= 11 is 0. The molecular formula is C30H52O26. The molecule has 5 aliphatic rings. The molecule has 0 bridgehead atoms. The fraction of sp³-hybridized carbons (Fsp3) is 1.00. The van der Waals surface area contributed by atoms with Crippen molar-refractivity contribution in [1.82, 2.24) is 0 Å². The number of rotatable bonds is 13. The second-order valence-electron chi connectivity index (χ2n) is 13.9. The van der Waals surface area contributed by atoms with Gasteiger partial charge in [0.25, 0.3) is 0 Å². The van der Waals surface area contributed by atoms with Crippen LogP contribution < -0.4 is 0 Å². The molecule has 25 atom stereocenters. The van der Waals surface area contributed by atoms with Crippen LogP contribution >= 0.6 is 0 Å². The summed E-state index contributed by atoms with van der Waals surface area (Å²) in [4.78, 5) is 0. The van der Waals surface area contributed by atoms with Crippen LogP contribution in [0.5, 0.6) is 0 Å². The second-order valence-corrected chi connectivity index (χ2v) is 13.9. The number of ether oxygens (including phenoxy) is 9. The van der Waals surface area contributed by atoms with Gasteiger partial charge in [-0.15, -0.1) is 0 Å². The fourth-order valence-electron chi connectivity index (χ4n) is 7.03. The van der Waals surface area contributed by atoms with Crippen LogP contribution in [0.2, 0.25) is 0 Å². The Morgan fingerprint density at radius 2 is 0.518 bits per heavy atom. The topological polar surface area (TPSA) is 427 Å². The van der Waals surface area contributed by atoms with Crippen LogP contribution in [-0.2, 0) is 42.6 Å². The molecular weight excluding hydrogens is 776 g/mol. The van der Waals surface area contributed by atoms with Crippen LogP contribution in [0.15, 0.2) is 0 Å². The van der Waals surface area contributed by atoms with Gasteiger partial charge in [0.05, 0.1) is 33.0 Å². The third-order valence-electron chi connectivity index (χ3n) is 10.3. The third kappa shape index (κ3) is 9.16. The van der Waals surface area contributed by atoms with Crippen LogP contribution in [0.3, 0.4) is 0 Å². The highest BCUT2D eigenvalue weighted by Crippen LogP contribution is 2.35. The molecule has 5 fully saturated rings. The predicted molar refractivity (Wildman–Crippen MR) is 167 cm³/mol. The monoisotopic (exact) mass is 828 g/mol. The zero-order chi connectivity index (χ0) is 41.3. The lowest BCUT2D eigenvalue weighted by Gasteiger charge is -2.49. The first-order chi connectivity index (χ1) is 26.5. The Morgan fingerprint density at radius 3 is 0.821 bits per heavy atom. The molecule has 328 valence electrons. The van der Waals surface area contributed by atoms with Crippen LogP contribution in [-0.4, -0.2) is 273 Å². The smallest absolute Gasteiger partial charge is 0.187 e. The minimum atomic E-state index is -2.12. The Balaban J connectivity index is 1.22. The van der Waals surface area contributed by atoms with Gasteiger partial charge in [0.15, 0.2) is 31.5 Å². The van der Waals surface area contributed by atoms with E-state index in [2.05, 4.69) is 0 Å². The Morgan fingerprint density at radius 1 is 0.268 bits per heavy atom. The van der Waals surface area contributed by atoms with Gasteiger partial charge >= 0.3 is 0 Å². The lowest BCUT2D eigenvalue weighted by molar-refractivity contribution is -0.392. The van der Waals surface area contributed by atoms with Gasteiger partial charge in [-0.25, -0.2) is 0 Å². The van der Waals surface area contributed by atoms with E-state index in [0.29, 0.717) is 0 Å². The molecule has 17 N–H and O–H groups in total. The molecule has 0 spiro atoms. The van der Waals surface area contributed by atoms with Gasteiger partial charge in [0.2, 0.25) is 0 Å². The first kappa shape index (κ1) is 46.0. The summed E-state index contributed by atoms with van der Waals surface area (Å²) in [5.41, 5.74) is 0. The molecule has 0 aromatic heterocycles. The molecule has 0 saturated carbocycles. The Labute approximate surface area is 316 Å². The van der Waals surface area contributed by atoms with Crippen LogP contribution in [0.4, 0.5) is 0 Å². The SMILES string of the molecule is OC[C@H]1O[C@H](O[C@H]2[C@H](O)[C@@H](O)[C@@H](O[C@H]3[C@H](O)[C@@H](O)[C@@H](O[C@H]4[C@H](O)[C@@H](O)[C@H](O[C@H]5[C@H](O)[C@@H](O)C(O)O[C@@H]5CO)O[C@@H]4CO)O[C@@H]3CO)O[C@@H]2CO)[C@H](O)[C@@H](O)[C@@H]1O. The summed E-state index contributed by atoms with van der Waals surface area (Å²) in [5.74, 6) is 0. The molecule has 5 rings (SSSR count). The third-order valence-corrected chi connectivity index (χ3v) is 10.3. The maximum Gasteiger partial charge on any atom is 0.187 e. The van der Waals surface area contributed by atoms with Crippen molar-refractivity contribution in [3.8, 4) is 0 Å². The van der Waals surface area contributed by atoms with E-state index in [1.807, 2.05) is 0 Å². The van der Waals surface area contributed by atoms with E-state index >= 15 is 0 Å². The van der Waals surface area contributed by atoms with Crippen molar-refractivity contribution in [2.75, 3.05) is 33.0 Å². The van der Waals surface area contributed by atoms with E-state index in [-0.39, 0.29) is 0 Å². The standard InChI is InChI=1S/C30H52O26/c31-1-6-11(36)12(37)18(43)27(49-6)54-23-8(3-33)51-29(20(45)14(23)39)56-25-10(5-35)52-30(21(46)16(25)41)55-24-9(4-34)50-28(19(44)15(24)40)53-22-7(2-32)48-26(47)17(42)13(22)38/h6-47H,1-5H2/t6-,7-,8-,9-,10-,11-,12+,13-,14-,15-,16-,17-,18-,19-,20-,21-,22-,23-,24-,25-,26?,27-,28+,29-,30-/m1/s1. The van der Waals surface area contributed by atoms with E-state index in [9.17, 15) is 86.8 Å². The van der Waals surface area contributed by atoms with Crippen molar-refractivity contribution < 1.29 is 129 Å². The van der Waals surface area contributed by atoms with Crippen molar-refractivity contribution in [2.24, 2.45) is 0 Å². The first-order valence-corrected chi connectivity index (χ1v) is 17.6. The molecule has 26 heteroatoms. The van der Waals surface area contributed by atoms with Gasteiger partial charge < -0.3 is 129 Å². The average Bonchev–Trinajstić information content (AvgIpc) is 3.19. The number of aliphatic hydroxyl groups is 17. The van der Waals surface area contributed by atoms with E-state index in [1.165, 1.54) is 0 Å². The molecule has 5 aliphatic heterocycles. The van der Waals surface area contributed by atoms with Gasteiger partial charge in [0, 0.05) is 0 Å². The number of hydrogen-bond acceptors (Lipinski definition) is 26. The summed E-state index contributed by atoms with van der Waals surface area (Å²) in [6, 6.07) is 0. The largest absolute Gasteiger partial charge is 0.394 e. The van der Waals surface area contributed by atoms with Crippen molar-refractivity contribution in [3.63, 3.8) is 0 Å². The minimum Gasteiger partial charge on any atom is -0.394 e. The zero-order valence-corrected chi connectivity index (χ0v) is 29.2. The van der Waals surface area contributed by atoms with E-state index in [1.54, 1.807) is 0 Å². The summed E-state index contributed by atoms with van der Waals surface area (Å²) < 4.78 is 49.1. The molecule has 0 aromatic rings. The van der Waals surface area contributed by atoms with Crippen molar-refractivity contribution in [3.05, 3.63) is 0 Å². The molecule has 0 amide bonds. The lowest BCUT2D eigenvalue weighted by atomic mass is 9.95. The Kier molecular flexibility index (Phi) is 16.1. The van der Waals surface area contributed by atoms with Gasteiger partial charge in [-0.1, -0.05) is 0 Å². The number of hydrogen-bond donors (Lipinski definition) is 17. The molecule has 56 heavy (non-hydrogen) atoms. The van der Waals surface area contributed by atoms with Crippen molar-refractivity contribution >= 4 is 0 Å². The van der Waals surface area contributed by atoms with Crippen LogP contribution in [0.25, 0.3) is 0 Å². The lowest BCUT2D eigenvalue weighted by Crippen LogP contribution is -2.68. The maximum absolute atomic E-state index is 11.1. The highest BCUT2D eigenvalue weighted by atomic mass is 16.8. The highest BCUT2D eigenvalue weighted by Gasteiger charge is 2.56. The van der Waals surface area contributed by atoms with Crippen LogP contribution in [0, 0.1) is 0 Å². The highest BCUT2D eigenvalue weighted by molar-refractivity contribution is 4.99. The molecule has 26 nitrogen and oxygen atoms in total. The molecule has 1 unspecified atom stereocenters. The van der Waals surface area contributed by atoms with E-state index in [4.69, 9.17) is 42.6 Å². The summed E-state index contributed by atoms with van der Waals surface area (Å²) in [7, 11) is 0. The molecule has 0 aromatic carbocycles. The first-order valence-electron chi connectivity index (χ1n) is 17.6. The summed E-state index contributed by atoms with van der Waals surface area (Å²) in [6.07, 6.45) is -45.8. The minimum absolute atomic E-state index is 0.811. The maximum atomic E-state index is 11.1. The van der Waals surface area contributed by atoms with E-state index in [0.717, 1.165) is 0 Å². The van der Waals surface area contributed by atoms with Crippen LogP contribution in [0.1, 0.15) is 0 Å². The van der Waals surface area contributed by atoms with Gasteiger partial charge in [-0.2, -0.15) is 0 Å². The second kappa shape index (κ2) is 19.6. The molecule has 5 heterocycles. The zero-order valence-electron chi connectivity index (χ0n) is 29.2. The van der Waals surface area contributed by atoms with Crippen molar-refractivity contribution in [2.45, 2.75) is 154 Å². The normalized spacial score (nSPS) is 53.2. The van der Waals surface area contributed by atoms with Gasteiger partial charge in [-0.3, -0.25) is 0 Å². The van der Waals surface area contributed by atoms with Gasteiger partial charge in [0.1, 0.15) is 122 Å². The molecule has 5 saturated heterocycles. The van der Waals surface area contributed by atoms with Gasteiger partial charge in [-0.05, 0) is 0 Å². The molecule has 0 aliphatic carbocycles.